The summed E-state index contributed by atoms with van der Waals surface area (Å²) in [4.78, 5) is 42.5. The Labute approximate surface area is 230 Å². The summed E-state index contributed by atoms with van der Waals surface area (Å²) in [5.41, 5.74) is 3.92. The third-order valence-electron chi connectivity index (χ3n) is 6.87. The van der Waals surface area contributed by atoms with Gasteiger partial charge >= 0.3 is 0 Å². The summed E-state index contributed by atoms with van der Waals surface area (Å²) in [7, 11) is 0. The van der Waals surface area contributed by atoms with Crippen LogP contribution in [0.4, 0.5) is 5.69 Å². The normalized spacial score (nSPS) is 14.8. The van der Waals surface area contributed by atoms with Gasteiger partial charge in [0.15, 0.2) is 11.4 Å². The molecule has 40 heavy (non-hydrogen) atoms. The van der Waals surface area contributed by atoms with E-state index >= 15 is 0 Å². The number of rotatable bonds is 6. The fourth-order valence-corrected chi connectivity index (χ4v) is 5.00. The highest BCUT2D eigenvalue weighted by Crippen LogP contribution is 2.29. The number of aromatic nitrogens is 5. The van der Waals surface area contributed by atoms with Crippen LogP contribution < -0.4 is 5.32 Å². The molecule has 0 aliphatic carbocycles. The summed E-state index contributed by atoms with van der Waals surface area (Å²) in [6.45, 7) is 5.77. The molecule has 1 saturated heterocycles. The van der Waals surface area contributed by atoms with Gasteiger partial charge < -0.3 is 14.6 Å². The van der Waals surface area contributed by atoms with Crippen LogP contribution in [-0.2, 0) is 4.79 Å². The van der Waals surface area contributed by atoms with Crippen LogP contribution in [0.25, 0.3) is 22.6 Å². The van der Waals surface area contributed by atoms with Crippen molar-refractivity contribution in [3.05, 3.63) is 89.8 Å². The molecule has 4 heterocycles. The molecule has 0 unspecified atom stereocenters. The predicted molar refractivity (Wildman–Crippen MR) is 148 cm³/mol. The van der Waals surface area contributed by atoms with Crippen molar-refractivity contribution in [3.63, 3.8) is 0 Å². The number of aromatic amines is 1. The molecule has 6 rings (SSSR count). The van der Waals surface area contributed by atoms with E-state index in [1.165, 1.54) is 6.92 Å². The molecular formula is C29H28N8O3. The second-order valence-corrected chi connectivity index (χ2v) is 9.73. The van der Waals surface area contributed by atoms with E-state index in [-0.39, 0.29) is 17.9 Å². The van der Waals surface area contributed by atoms with Gasteiger partial charge in [0.2, 0.25) is 11.8 Å². The third kappa shape index (κ3) is 5.19. The molecule has 0 bridgehead atoms. The zero-order valence-electron chi connectivity index (χ0n) is 22.2. The Morgan fingerprint density at radius 1 is 1.00 bits per heavy atom. The number of oxazole rings is 1. The van der Waals surface area contributed by atoms with E-state index in [2.05, 4.69) is 47.5 Å². The molecule has 11 heteroatoms. The smallest absolute Gasteiger partial charge is 0.272 e. The number of aryl methyl sites for hydroxylation is 1. The molecule has 2 amide bonds. The summed E-state index contributed by atoms with van der Waals surface area (Å²) in [6, 6.07) is 18.8. The van der Waals surface area contributed by atoms with Gasteiger partial charge in [-0.3, -0.25) is 24.6 Å². The Kier molecular flexibility index (Phi) is 6.79. The van der Waals surface area contributed by atoms with Gasteiger partial charge in [-0.25, -0.2) is 9.97 Å². The number of fused-ring (bicyclic) bond motifs is 1. The molecule has 2 N–H and O–H groups in total. The average Bonchev–Trinajstić information content (AvgIpc) is 3.59. The van der Waals surface area contributed by atoms with Crippen molar-refractivity contribution in [2.45, 2.75) is 19.9 Å². The highest BCUT2D eigenvalue weighted by Gasteiger charge is 2.31. The van der Waals surface area contributed by atoms with Crippen LogP contribution in [0.5, 0.6) is 0 Å². The number of benzene rings is 2. The number of nitrogens with one attached hydrogen (secondary N) is 2. The minimum Gasteiger partial charge on any atom is -0.436 e. The van der Waals surface area contributed by atoms with E-state index in [0.29, 0.717) is 60.1 Å². The number of hydrogen-bond donors (Lipinski definition) is 2. The molecule has 5 aromatic rings. The molecule has 2 aromatic carbocycles. The number of anilines is 1. The van der Waals surface area contributed by atoms with E-state index in [1.807, 2.05) is 30.0 Å². The number of H-pyrrole nitrogens is 1. The molecule has 1 atom stereocenters. The minimum absolute atomic E-state index is 0.102. The SMILES string of the molecule is CC(=O)Nc1ccc2oc(-c3ccnc(C(=O)N4CCN([C@@H](c5ccccc5)c5n[nH]c(C)n5)CC4)c3)nc2c1. The fourth-order valence-electron chi connectivity index (χ4n) is 5.00. The van der Waals surface area contributed by atoms with Crippen LogP contribution in [0.15, 0.2) is 71.3 Å². The molecule has 3 aromatic heterocycles. The second-order valence-electron chi connectivity index (χ2n) is 9.73. The maximum absolute atomic E-state index is 13.4. The van der Waals surface area contributed by atoms with Gasteiger partial charge in [0.25, 0.3) is 5.91 Å². The van der Waals surface area contributed by atoms with Crippen LogP contribution in [0, 0.1) is 6.92 Å². The number of nitrogens with zero attached hydrogens (tertiary/aromatic N) is 6. The van der Waals surface area contributed by atoms with Gasteiger partial charge in [0.05, 0.1) is 6.04 Å². The van der Waals surface area contributed by atoms with Crippen molar-refractivity contribution in [3.8, 4) is 11.5 Å². The average molecular weight is 537 g/mol. The van der Waals surface area contributed by atoms with Crippen molar-refractivity contribution in [2.75, 3.05) is 31.5 Å². The number of carbonyl (C=O) groups is 2. The summed E-state index contributed by atoms with van der Waals surface area (Å²) in [6.07, 6.45) is 1.59. The molecule has 0 spiro atoms. The lowest BCUT2D eigenvalue weighted by atomic mass is 10.0. The first-order valence-corrected chi connectivity index (χ1v) is 13.1. The van der Waals surface area contributed by atoms with Crippen molar-refractivity contribution in [2.24, 2.45) is 0 Å². The molecule has 11 nitrogen and oxygen atoms in total. The number of pyridine rings is 1. The second kappa shape index (κ2) is 10.7. The van der Waals surface area contributed by atoms with Gasteiger partial charge in [-0.2, -0.15) is 5.10 Å². The van der Waals surface area contributed by atoms with Gasteiger partial charge in [-0.15, -0.1) is 0 Å². The molecule has 1 aliphatic heterocycles. The van der Waals surface area contributed by atoms with E-state index in [0.717, 1.165) is 17.2 Å². The lowest BCUT2D eigenvalue weighted by molar-refractivity contribution is -0.114. The molecule has 1 aliphatic rings. The summed E-state index contributed by atoms with van der Waals surface area (Å²) in [5.74, 6) is 1.56. The van der Waals surface area contributed by atoms with Crippen molar-refractivity contribution in [1.29, 1.82) is 0 Å². The molecular weight excluding hydrogens is 508 g/mol. The zero-order valence-corrected chi connectivity index (χ0v) is 22.2. The Hall–Kier alpha value is -4.90. The van der Waals surface area contributed by atoms with E-state index in [9.17, 15) is 9.59 Å². The lowest BCUT2D eigenvalue weighted by Crippen LogP contribution is -2.50. The van der Waals surface area contributed by atoms with Crippen LogP contribution in [0.1, 0.15) is 40.7 Å². The topological polar surface area (TPSA) is 133 Å². The highest BCUT2D eigenvalue weighted by molar-refractivity contribution is 5.94. The van der Waals surface area contributed by atoms with Crippen molar-refractivity contribution >= 4 is 28.6 Å². The maximum atomic E-state index is 13.4. The number of hydrogen-bond acceptors (Lipinski definition) is 8. The lowest BCUT2D eigenvalue weighted by Gasteiger charge is -2.38. The zero-order chi connectivity index (χ0) is 27.6. The van der Waals surface area contributed by atoms with Crippen LogP contribution in [-0.4, -0.2) is 72.9 Å². The standard InChI is InChI=1S/C29H28N8O3/c1-18-31-27(35-34-18)26(20-6-4-3-5-7-20)36-12-14-37(15-13-36)29(39)24-16-21(10-11-30-24)28-33-23-17-22(32-19(2)38)8-9-25(23)40-28/h3-11,16-17,26H,12-15H2,1-2H3,(H,32,38)(H,31,34,35)/t26-/m0/s1. The number of piperazine rings is 1. The first-order valence-electron chi connectivity index (χ1n) is 13.1. The Morgan fingerprint density at radius 3 is 2.52 bits per heavy atom. The first-order chi connectivity index (χ1) is 19.4. The maximum Gasteiger partial charge on any atom is 0.272 e. The number of carbonyl (C=O) groups excluding carboxylic acids is 2. The van der Waals surface area contributed by atoms with E-state index in [4.69, 9.17) is 4.42 Å². The van der Waals surface area contributed by atoms with Gasteiger partial charge in [-0.05, 0) is 42.8 Å². The predicted octanol–water partition coefficient (Wildman–Crippen LogP) is 3.82. The Balaban J connectivity index is 1.18. The van der Waals surface area contributed by atoms with Gasteiger partial charge in [0, 0.05) is 50.6 Å². The summed E-state index contributed by atoms with van der Waals surface area (Å²) < 4.78 is 5.92. The summed E-state index contributed by atoms with van der Waals surface area (Å²) in [5, 5.41) is 10.1. The van der Waals surface area contributed by atoms with Crippen molar-refractivity contribution in [1.82, 2.24) is 34.9 Å². The van der Waals surface area contributed by atoms with Gasteiger partial charge in [-0.1, -0.05) is 30.3 Å². The highest BCUT2D eigenvalue weighted by atomic mass is 16.3. The van der Waals surface area contributed by atoms with Gasteiger partial charge in [0.1, 0.15) is 17.0 Å². The molecule has 202 valence electrons. The largest absolute Gasteiger partial charge is 0.436 e. The van der Waals surface area contributed by atoms with Crippen LogP contribution in [0.3, 0.4) is 0 Å². The molecule has 0 saturated carbocycles. The molecule has 0 radical (unpaired) electrons. The third-order valence-corrected chi connectivity index (χ3v) is 6.87. The van der Waals surface area contributed by atoms with Crippen LogP contribution in [0.2, 0.25) is 0 Å². The Bertz CT molecular complexity index is 1670. The summed E-state index contributed by atoms with van der Waals surface area (Å²) >= 11 is 0. The monoisotopic (exact) mass is 536 g/mol. The number of amides is 2. The quantitative estimate of drug-likeness (QED) is 0.335. The fraction of sp³-hybridized carbons (Fsp3) is 0.241. The van der Waals surface area contributed by atoms with E-state index < -0.39 is 0 Å². The first kappa shape index (κ1) is 25.4. The van der Waals surface area contributed by atoms with E-state index in [1.54, 1.807) is 36.5 Å². The van der Waals surface area contributed by atoms with Crippen molar-refractivity contribution < 1.29 is 14.0 Å². The Morgan fingerprint density at radius 2 is 1.80 bits per heavy atom. The minimum atomic E-state index is -0.162. The van der Waals surface area contributed by atoms with Crippen LogP contribution >= 0.6 is 0 Å². The molecule has 1 fully saturated rings.